The summed E-state index contributed by atoms with van der Waals surface area (Å²) in [6.45, 7) is 1.32. The second kappa shape index (κ2) is 9.56. The van der Waals surface area contributed by atoms with Gasteiger partial charge in [0.2, 0.25) is 0 Å². The molecule has 6 nitrogen and oxygen atoms in total. The van der Waals surface area contributed by atoms with Crippen LogP contribution >= 0.6 is 0 Å². The lowest BCUT2D eigenvalue weighted by Crippen LogP contribution is -2.31. The summed E-state index contributed by atoms with van der Waals surface area (Å²) in [5, 5.41) is 2.73. The van der Waals surface area contributed by atoms with Gasteiger partial charge in [0.1, 0.15) is 17.3 Å². The number of benzene rings is 2. The minimum Gasteiger partial charge on any atom is -0.497 e. The van der Waals surface area contributed by atoms with E-state index in [2.05, 4.69) is 5.32 Å². The molecule has 1 amide bonds. The fourth-order valence-electron chi connectivity index (χ4n) is 2.53. The standard InChI is InChI=1S/C20H22FNO5/c1-13(16-11-15(25-2)8-9-18(16)26-3)22-19(23)12-27-20(24)10-14-6-4-5-7-17(14)21/h4-9,11,13H,10,12H2,1-3H3,(H,22,23). The third-order valence-electron chi connectivity index (χ3n) is 3.94. The quantitative estimate of drug-likeness (QED) is 0.718. The van der Waals surface area contributed by atoms with Crippen molar-refractivity contribution in [2.24, 2.45) is 0 Å². The Bertz CT molecular complexity index is 809. The Labute approximate surface area is 157 Å². The summed E-state index contributed by atoms with van der Waals surface area (Å²) < 4.78 is 28.9. The molecule has 2 aromatic rings. The molecule has 144 valence electrons. The van der Waals surface area contributed by atoms with E-state index in [0.29, 0.717) is 11.5 Å². The molecule has 0 fully saturated rings. The van der Waals surface area contributed by atoms with Crippen LogP contribution in [0.5, 0.6) is 11.5 Å². The maximum absolute atomic E-state index is 13.5. The first kappa shape index (κ1) is 20.2. The number of amides is 1. The maximum Gasteiger partial charge on any atom is 0.310 e. The van der Waals surface area contributed by atoms with Crippen LogP contribution in [0.2, 0.25) is 0 Å². The lowest BCUT2D eigenvalue weighted by atomic mass is 10.1. The Kier molecular flexibility index (Phi) is 7.16. The molecular weight excluding hydrogens is 353 g/mol. The average molecular weight is 375 g/mol. The summed E-state index contributed by atoms with van der Waals surface area (Å²) in [6.07, 6.45) is -0.237. The van der Waals surface area contributed by atoms with E-state index in [9.17, 15) is 14.0 Å². The monoisotopic (exact) mass is 375 g/mol. The van der Waals surface area contributed by atoms with Crippen molar-refractivity contribution < 1.29 is 28.2 Å². The van der Waals surface area contributed by atoms with Crippen LogP contribution in [0.25, 0.3) is 0 Å². The highest BCUT2D eigenvalue weighted by Gasteiger charge is 2.17. The number of methoxy groups -OCH3 is 2. The molecule has 0 aliphatic heterocycles. The average Bonchev–Trinajstić information content (AvgIpc) is 2.67. The normalized spacial score (nSPS) is 11.4. The molecule has 0 saturated carbocycles. The summed E-state index contributed by atoms with van der Waals surface area (Å²) in [7, 11) is 3.08. The Balaban J connectivity index is 1.90. The van der Waals surface area contributed by atoms with Gasteiger partial charge in [0.25, 0.3) is 5.91 Å². The van der Waals surface area contributed by atoms with Crippen molar-refractivity contribution >= 4 is 11.9 Å². The van der Waals surface area contributed by atoms with Gasteiger partial charge in [0.15, 0.2) is 6.61 Å². The largest absolute Gasteiger partial charge is 0.497 e. The van der Waals surface area contributed by atoms with Gasteiger partial charge in [-0.05, 0) is 36.8 Å². The molecular formula is C20H22FNO5. The minimum absolute atomic E-state index is 0.220. The van der Waals surface area contributed by atoms with Crippen molar-refractivity contribution in [1.82, 2.24) is 5.32 Å². The third kappa shape index (κ3) is 5.70. The second-order valence-electron chi connectivity index (χ2n) is 5.83. The minimum atomic E-state index is -0.679. The molecule has 7 heteroatoms. The first-order valence-electron chi connectivity index (χ1n) is 8.35. The summed E-state index contributed by atoms with van der Waals surface area (Å²) in [6, 6.07) is 10.8. The van der Waals surface area contributed by atoms with Gasteiger partial charge in [0.05, 0.1) is 26.7 Å². The van der Waals surface area contributed by atoms with Crippen LogP contribution in [-0.2, 0) is 20.7 Å². The number of carbonyl (C=O) groups is 2. The number of carbonyl (C=O) groups excluding carboxylic acids is 2. The fourth-order valence-corrected chi connectivity index (χ4v) is 2.53. The van der Waals surface area contributed by atoms with Gasteiger partial charge in [-0.15, -0.1) is 0 Å². The van der Waals surface area contributed by atoms with E-state index >= 15 is 0 Å². The third-order valence-corrected chi connectivity index (χ3v) is 3.94. The predicted octanol–water partition coefficient (Wildman–Crippen LogP) is 2.81. The van der Waals surface area contributed by atoms with Gasteiger partial charge in [-0.2, -0.15) is 0 Å². The Hall–Kier alpha value is -3.09. The number of esters is 1. The number of hydrogen-bond donors (Lipinski definition) is 1. The molecule has 1 atom stereocenters. The smallest absolute Gasteiger partial charge is 0.310 e. The topological polar surface area (TPSA) is 73.9 Å². The number of nitrogens with one attached hydrogen (secondary N) is 1. The number of hydrogen-bond acceptors (Lipinski definition) is 5. The molecule has 27 heavy (non-hydrogen) atoms. The molecule has 1 N–H and O–H groups in total. The van der Waals surface area contributed by atoms with Gasteiger partial charge in [-0.1, -0.05) is 18.2 Å². The van der Waals surface area contributed by atoms with Crippen LogP contribution in [0, 0.1) is 5.82 Å². The number of halogens is 1. The van der Waals surface area contributed by atoms with E-state index in [1.807, 2.05) is 0 Å². The van der Waals surface area contributed by atoms with Gasteiger partial charge in [0, 0.05) is 5.56 Å². The molecule has 0 spiro atoms. The Morgan fingerprint density at radius 1 is 1.11 bits per heavy atom. The summed E-state index contributed by atoms with van der Waals surface area (Å²) in [4.78, 5) is 23.9. The van der Waals surface area contributed by atoms with Crippen molar-refractivity contribution in [3.63, 3.8) is 0 Å². The number of ether oxygens (including phenoxy) is 3. The lowest BCUT2D eigenvalue weighted by Gasteiger charge is -2.18. The van der Waals surface area contributed by atoms with Crippen molar-refractivity contribution in [2.45, 2.75) is 19.4 Å². The maximum atomic E-state index is 13.5. The highest BCUT2D eigenvalue weighted by atomic mass is 19.1. The molecule has 0 radical (unpaired) electrons. The zero-order chi connectivity index (χ0) is 19.8. The van der Waals surface area contributed by atoms with Gasteiger partial charge >= 0.3 is 5.97 Å². The highest BCUT2D eigenvalue weighted by Crippen LogP contribution is 2.29. The van der Waals surface area contributed by atoms with E-state index in [-0.39, 0.29) is 12.0 Å². The molecule has 0 aromatic heterocycles. The van der Waals surface area contributed by atoms with Crippen LogP contribution < -0.4 is 14.8 Å². The summed E-state index contributed by atoms with van der Waals surface area (Å²) in [5.74, 6) is -0.419. The van der Waals surface area contributed by atoms with Crippen LogP contribution in [0.1, 0.15) is 24.1 Å². The lowest BCUT2D eigenvalue weighted by molar-refractivity contribution is -0.148. The van der Waals surface area contributed by atoms with Crippen molar-refractivity contribution in [2.75, 3.05) is 20.8 Å². The van der Waals surface area contributed by atoms with Gasteiger partial charge in [-0.25, -0.2) is 4.39 Å². The Morgan fingerprint density at radius 2 is 1.85 bits per heavy atom. The van der Waals surface area contributed by atoms with Crippen LogP contribution in [0.15, 0.2) is 42.5 Å². The highest BCUT2D eigenvalue weighted by molar-refractivity contribution is 5.81. The van der Waals surface area contributed by atoms with E-state index in [1.54, 1.807) is 38.3 Å². The molecule has 2 rings (SSSR count). The first-order valence-corrected chi connectivity index (χ1v) is 8.35. The van der Waals surface area contributed by atoms with E-state index < -0.39 is 30.3 Å². The molecule has 0 aliphatic carbocycles. The summed E-state index contributed by atoms with van der Waals surface area (Å²) >= 11 is 0. The summed E-state index contributed by atoms with van der Waals surface area (Å²) in [5.41, 5.74) is 0.945. The molecule has 0 bridgehead atoms. The predicted molar refractivity (Wildman–Crippen MR) is 97.2 cm³/mol. The van der Waals surface area contributed by atoms with Crippen molar-refractivity contribution in [3.05, 3.63) is 59.4 Å². The first-order chi connectivity index (χ1) is 12.9. The van der Waals surface area contributed by atoms with E-state index in [4.69, 9.17) is 14.2 Å². The molecule has 1 unspecified atom stereocenters. The number of rotatable bonds is 8. The molecule has 0 saturated heterocycles. The zero-order valence-electron chi connectivity index (χ0n) is 15.5. The molecule has 2 aromatic carbocycles. The fraction of sp³-hybridized carbons (Fsp3) is 0.300. The van der Waals surface area contributed by atoms with E-state index in [0.717, 1.165) is 5.56 Å². The SMILES string of the molecule is COc1ccc(OC)c(C(C)NC(=O)COC(=O)Cc2ccccc2F)c1. The zero-order valence-corrected chi connectivity index (χ0v) is 15.5. The van der Waals surface area contributed by atoms with Gasteiger partial charge < -0.3 is 19.5 Å². The van der Waals surface area contributed by atoms with Crippen molar-refractivity contribution in [1.29, 1.82) is 0 Å². The van der Waals surface area contributed by atoms with E-state index in [1.165, 1.54) is 25.3 Å². The second-order valence-corrected chi connectivity index (χ2v) is 5.83. The van der Waals surface area contributed by atoms with Crippen LogP contribution in [0.3, 0.4) is 0 Å². The Morgan fingerprint density at radius 3 is 2.52 bits per heavy atom. The van der Waals surface area contributed by atoms with Crippen molar-refractivity contribution in [3.8, 4) is 11.5 Å². The molecule has 0 aliphatic rings. The van der Waals surface area contributed by atoms with Crippen LogP contribution in [0.4, 0.5) is 4.39 Å². The van der Waals surface area contributed by atoms with Gasteiger partial charge in [-0.3, -0.25) is 9.59 Å². The molecule has 0 heterocycles. The van der Waals surface area contributed by atoms with Crippen LogP contribution in [-0.4, -0.2) is 32.7 Å².